The summed E-state index contributed by atoms with van der Waals surface area (Å²) >= 11 is 0. The molecule has 1 aliphatic heterocycles. The zero-order valence-electron chi connectivity index (χ0n) is 17.9. The molecule has 0 aromatic heterocycles. The number of carbonyl (C=O) groups is 2. The SMILES string of the molecule is CN(C)c1ccc(C(CNC(=O)C(=O)NCCc2ccccc2)N2CCCC2)cc1. The van der Waals surface area contributed by atoms with Crippen LogP contribution in [0.15, 0.2) is 54.6 Å². The summed E-state index contributed by atoms with van der Waals surface area (Å²) in [6, 6.07) is 18.4. The summed E-state index contributed by atoms with van der Waals surface area (Å²) in [7, 11) is 4.03. The molecular formula is C24H32N4O2. The van der Waals surface area contributed by atoms with Crippen molar-refractivity contribution in [2.24, 2.45) is 0 Å². The molecule has 0 aliphatic carbocycles. The smallest absolute Gasteiger partial charge is 0.309 e. The number of carbonyl (C=O) groups excluding carboxylic acids is 2. The van der Waals surface area contributed by atoms with Gasteiger partial charge in [-0.05, 0) is 55.6 Å². The molecule has 2 N–H and O–H groups in total. The molecule has 3 rings (SSSR count). The molecule has 0 spiro atoms. The Bertz CT molecular complexity index is 815. The summed E-state index contributed by atoms with van der Waals surface area (Å²) in [5.74, 6) is -1.15. The maximum atomic E-state index is 12.3. The predicted molar refractivity (Wildman–Crippen MR) is 120 cm³/mol. The van der Waals surface area contributed by atoms with Crippen LogP contribution in [0.25, 0.3) is 0 Å². The number of benzene rings is 2. The van der Waals surface area contributed by atoms with E-state index in [0.717, 1.165) is 29.9 Å². The fourth-order valence-corrected chi connectivity index (χ4v) is 3.82. The molecule has 0 saturated carbocycles. The lowest BCUT2D eigenvalue weighted by Crippen LogP contribution is -2.44. The van der Waals surface area contributed by atoms with E-state index in [1.54, 1.807) is 0 Å². The molecular weight excluding hydrogens is 376 g/mol. The quantitative estimate of drug-likeness (QED) is 0.658. The third-order valence-electron chi connectivity index (χ3n) is 5.58. The Balaban J connectivity index is 1.53. The van der Waals surface area contributed by atoms with Crippen LogP contribution < -0.4 is 15.5 Å². The molecule has 1 aliphatic rings. The summed E-state index contributed by atoms with van der Waals surface area (Å²) in [6.07, 6.45) is 3.04. The monoisotopic (exact) mass is 408 g/mol. The Labute approximate surface area is 179 Å². The lowest BCUT2D eigenvalue weighted by Gasteiger charge is -2.28. The van der Waals surface area contributed by atoms with Gasteiger partial charge in [-0.25, -0.2) is 0 Å². The van der Waals surface area contributed by atoms with Gasteiger partial charge in [0.15, 0.2) is 0 Å². The van der Waals surface area contributed by atoms with E-state index in [-0.39, 0.29) is 6.04 Å². The van der Waals surface area contributed by atoms with E-state index < -0.39 is 11.8 Å². The van der Waals surface area contributed by atoms with Gasteiger partial charge in [0.2, 0.25) is 0 Å². The highest BCUT2D eigenvalue weighted by Crippen LogP contribution is 2.26. The number of amides is 2. The number of hydrogen-bond acceptors (Lipinski definition) is 4. The second-order valence-corrected chi connectivity index (χ2v) is 7.95. The van der Waals surface area contributed by atoms with Crippen molar-refractivity contribution in [2.45, 2.75) is 25.3 Å². The molecule has 6 heteroatoms. The third kappa shape index (κ3) is 6.07. The van der Waals surface area contributed by atoms with E-state index in [9.17, 15) is 9.59 Å². The average Bonchev–Trinajstić information content (AvgIpc) is 3.29. The lowest BCUT2D eigenvalue weighted by molar-refractivity contribution is -0.139. The summed E-state index contributed by atoms with van der Waals surface area (Å²) < 4.78 is 0. The van der Waals surface area contributed by atoms with Crippen LogP contribution in [0.3, 0.4) is 0 Å². The molecule has 2 amide bonds. The lowest BCUT2D eigenvalue weighted by atomic mass is 10.0. The summed E-state index contributed by atoms with van der Waals surface area (Å²) in [4.78, 5) is 29.0. The van der Waals surface area contributed by atoms with Crippen molar-refractivity contribution in [2.75, 3.05) is 45.2 Å². The first-order chi connectivity index (χ1) is 14.5. The molecule has 30 heavy (non-hydrogen) atoms. The van der Waals surface area contributed by atoms with Crippen molar-refractivity contribution < 1.29 is 9.59 Å². The van der Waals surface area contributed by atoms with Gasteiger partial charge in [0.1, 0.15) is 0 Å². The maximum absolute atomic E-state index is 12.3. The van der Waals surface area contributed by atoms with E-state index in [1.165, 1.54) is 12.8 Å². The van der Waals surface area contributed by atoms with Crippen LogP contribution in [0.4, 0.5) is 5.69 Å². The second-order valence-electron chi connectivity index (χ2n) is 7.95. The van der Waals surface area contributed by atoms with E-state index in [4.69, 9.17) is 0 Å². The van der Waals surface area contributed by atoms with Gasteiger partial charge in [0.25, 0.3) is 0 Å². The second kappa shape index (κ2) is 10.8. The molecule has 1 fully saturated rings. The number of nitrogens with zero attached hydrogens (tertiary/aromatic N) is 2. The Morgan fingerprint density at radius 1 is 0.933 bits per heavy atom. The zero-order valence-corrected chi connectivity index (χ0v) is 17.9. The molecule has 0 bridgehead atoms. The van der Waals surface area contributed by atoms with Crippen LogP contribution in [-0.4, -0.2) is 57.0 Å². The number of hydrogen-bond donors (Lipinski definition) is 2. The topological polar surface area (TPSA) is 64.7 Å². The molecule has 1 heterocycles. The van der Waals surface area contributed by atoms with E-state index in [0.29, 0.717) is 19.5 Å². The third-order valence-corrected chi connectivity index (χ3v) is 5.58. The Hall–Kier alpha value is -2.86. The van der Waals surface area contributed by atoms with Gasteiger partial charge in [-0.3, -0.25) is 14.5 Å². The Morgan fingerprint density at radius 2 is 1.57 bits per heavy atom. The molecule has 6 nitrogen and oxygen atoms in total. The van der Waals surface area contributed by atoms with Crippen molar-refractivity contribution in [1.29, 1.82) is 0 Å². The number of rotatable bonds is 8. The minimum absolute atomic E-state index is 0.0739. The number of likely N-dealkylation sites (tertiary alicyclic amines) is 1. The van der Waals surface area contributed by atoms with Gasteiger partial charge in [-0.15, -0.1) is 0 Å². The fourth-order valence-electron chi connectivity index (χ4n) is 3.82. The highest BCUT2D eigenvalue weighted by atomic mass is 16.2. The predicted octanol–water partition coefficient (Wildman–Crippen LogP) is 2.36. The highest BCUT2D eigenvalue weighted by molar-refractivity contribution is 6.35. The summed E-state index contributed by atoms with van der Waals surface area (Å²) in [5.41, 5.74) is 3.43. The maximum Gasteiger partial charge on any atom is 0.309 e. The Kier molecular flexibility index (Phi) is 7.85. The summed E-state index contributed by atoms with van der Waals surface area (Å²) in [6.45, 7) is 2.89. The molecule has 1 saturated heterocycles. The number of nitrogens with one attached hydrogen (secondary N) is 2. The van der Waals surface area contributed by atoms with E-state index in [1.807, 2.05) is 44.4 Å². The van der Waals surface area contributed by atoms with Gasteiger partial charge in [0, 0.05) is 32.9 Å². The minimum Gasteiger partial charge on any atom is -0.378 e. The van der Waals surface area contributed by atoms with Crippen molar-refractivity contribution in [3.8, 4) is 0 Å². The summed E-state index contributed by atoms with van der Waals surface area (Å²) in [5, 5.41) is 5.55. The Morgan fingerprint density at radius 3 is 2.20 bits per heavy atom. The van der Waals surface area contributed by atoms with E-state index >= 15 is 0 Å². The highest BCUT2D eigenvalue weighted by Gasteiger charge is 2.25. The van der Waals surface area contributed by atoms with Gasteiger partial charge >= 0.3 is 11.8 Å². The van der Waals surface area contributed by atoms with Crippen LogP contribution >= 0.6 is 0 Å². The van der Waals surface area contributed by atoms with Gasteiger partial charge < -0.3 is 15.5 Å². The fraction of sp³-hybridized carbons (Fsp3) is 0.417. The van der Waals surface area contributed by atoms with Crippen molar-refractivity contribution in [1.82, 2.24) is 15.5 Å². The van der Waals surface area contributed by atoms with Crippen molar-refractivity contribution >= 4 is 17.5 Å². The molecule has 1 atom stereocenters. The minimum atomic E-state index is -0.575. The first-order valence-corrected chi connectivity index (χ1v) is 10.7. The van der Waals surface area contributed by atoms with Crippen LogP contribution in [-0.2, 0) is 16.0 Å². The number of anilines is 1. The first kappa shape index (κ1) is 21.8. The molecule has 1 unspecified atom stereocenters. The van der Waals surface area contributed by atoms with Crippen LogP contribution in [0.2, 0.25) is 0 Å². The van der Waals surface area contributed by atoms with Gasteiger partial charge in [-0.2, -0.15) is 0 Å². The van der Waals surface area contributed by atoms with Crippen LogP contribution in [0.1, 0.15) is 30.0 Å². The molecule has 160 valence electrons. The largest absolute Gasteiger partial charge is 0.378 e. The molecule has 2 aromatic rings. The van der Waals surface area contributed by atoms with Crippen molar-refractivity contribution in [3.05, 3.63) is 65.7 Å². The molecule has 0 radical (unpaired) electrons. The normalized spacial score (nSPS) is 14.9. The van der Waals surface area contributed by atoms with Crippen LogP contribution in [0.5, 0.6) is 0 Å². The van der Waals surface area contributed by atoms with Crippen LogP contribution in [0, 0.1) is 0 Å². The van der Waals surface area contributed by atoms with E-state index in [2.05, 4.69) is 44.7 Å². The first-order valence-electron chi connectivity index (χ1n) is 10.7. The van der Waals surface area contributed by atoms with Gasteiger partial charge in [0.05, 0.1) is 6.04 Å². The van der Waals surface area contributed by atoms with Crippen molar-refractivity contribution in [3.63, 3.8) is 0 Å². The standard InChI is InChI=1S/C24H32N4O2/c1-27(2)21-12-10-20(11-13-21)22(28-16-6-7-17-28)18-26-24(30)23(29)25-15-14-19-8-4-3-5-9-19/h3-5,8-13,22H,6-7,14-18H2,1-2H3,(H,25,29)(H,26,30). The van der Waals surface area contributed by atoms with Gasteiger partial charge in [-0.1, -0.05) is 42.5 Å². The average molecular weight is 409 g/mol. The zero-order chi connectivity index (χ0) is 21.3. The molecule has 2 aromatic carbocycles.